The van der Waals surface area contributed by atoms with Crippen molar-refractivity contribution in [1.29, 1.82) is 0 Å². The van der Waals surface area contributed by atoms with Crippen LogP contribution in [0.15, 0.2) is 60.9 Å². The van der Waals surface area contributed by atoms with Gasteiger partial charge in [-0.2, -0.15) is 0 Å². The Labute approximate surface area is 159 Å². The molecule has 0 bridgehead atoms. The van der Waals surface area contributed by atoms with E-state index < -0.39 is 5.41 Å². The van der Waals surface area contributed by atoms with Gasteiger partial charge in [0.15, 0.2) is 0 Å². The van der Waals surface area contributed by atoms with Crippen molar-refractivity contribution < 1.29 is 9.53 Å². The molecule has 0 spiro atoms. The van der Waals surface area contributed by atoms with Crippen molar-refractivity contribution in [2.45, 2.75) is 31.7 Å². The molecule has 0 atom stereocenters. The van der Waals surface area contributed by atoms with Crippen molar-refractivity contribution in [3.8, 4) is 0 Å². The number of carbonyl (C=O) groups is 1. The number of imidazole rings is 1. The molecular weight excluding hydrogens is 338 g/mol. The van der Waals surface area contributed by atoms with E-state index in [1.807, 2.05) is 60.6 Å². The van der Waals surface area contributed by atoms with E-state index >= 15 is 0 Å². The maximum atomic E-state index is 13.8. The zero-order chi connectivity index (χ0) is 18.7. The van der Waals surface area contributed by atoms with E-state index in [4.69, 9.17) is 4.74 Å². The Morgan fingerprint density at radius 3 is 2.63 bits per heavy atom. The van der Waals surface area contributed by atoms with Crippen LogP contribution >= 0.6 is 0 Å². The third kappa shape index (κ3) is 3.23. The van der Waals surface area contributed by atoms with Crippen molar-refractivity contribution in [3.05, 3.63) is 72.2 Å². The molecule has 0 N–H and O–H groups in total. The smallest absolute Gasteiger partial charge is 0.233 e. The largest absolute Gasteiger partial charge is 0.381 e. The second-order valence-electron chi connectivity index (χ2n) is 7.06. The van der Waals surface area contributed by atoms with Crippen molar-refractivity contribution >= 4 is 11.6 Å². The molecule has 27 heavy (non-hydrogen) atoms. The summed E-state index contributed by atoms with van der Waals surface area (Å²) in [4.78, 5) is 20.2. The molecule has 1 aromatic carbocycles. The number of benzene rings is 1. The summed E-state index contributed by atoms with van der Waals surface area (Å²) < 4.78 is 7.64. The fourth-order valence-corrected chi connectivity index (χ4v) is 4.03. The Morgan fingerprint density at radius 2 is 1.89 bits per heavy atom. The Morgan fingerprint density at radius 1 is 1.15 bits per heavy atom. The van der Waals surface area contributed by atoms with E-state index in [1.165, 1.54) is 0 Å². The Bertz CT molecular complexity index is 913. The van der Waals surface area contributed by atoms with E-state index in [2.05, 4.69) is 21.5 Å². The van der Waals surface area contributed by atoms with Crippen LogP contribution in [0.2, 0.25) is 0 Å². The summed E-state index contributed by atoms with van der Waals surface area (Å²) >= 11 is 0. The van der Waals surface area contributed by atoms with E-state index in [-0.39, 0.29) is 5.91 Å². The number of fused-ring (bicyclic) bond motifs is 1. The molecule has 3 aromatic rings. The summed E-state index contributed by atoms with van der Waals surface area (Å²) in [7, 11) is 0. The predicted octanol–water partition coefficient (Wildman–Crippen LogP) is 3.43. The number of carbonyl (C=O) groups excluding carboxylic acids is 1. The molecule has 1 amide bonds. The van der Waals surface area contributed by atoms with Gasteiger partial charge in [0.1, 0.15) is 5.65 Å². The molecule has 1 saturated heterocycles. The molecule has 0 radical (unpaired) electrons. The average Bonchev–Trinajstić information content (AvgIpc) is 3.15. The molecule has 140 valence electrons. The van der Waals surface area contributed by atoms with Crippen LogP contribution in [0.4, 0.5) is 0 Å². The third-order valence-corrected chi connectivity index (χ3v) is 5.60. The summed E-state index contributed by atoms with van der Waals surface area (Å²) in [5.41, 5.74) is 2.52. The van der Waals surface area contributed by atoms with Crippen LogP contribution in [0.1, 0.15) is 31.0 Å². The van der Waals surface area contributed by atoms with Crippen molar-refractivity contribution in [2.24, 2.45) is 0 Å². The summed E-state index contributed by atoms with van der Waals surface area (Å²) in [6.07, 6.45) is 5.31. The van der Waals surface area contributed by atoms with E-state index in [0.717, 1.165) is 29.7 Å². The van der Waals surface area contributed by atoms with E-state index in [9.17, 15) is 4.79 Å². The molecule has 0 unspecified atom stereocenters. The van der Waals surface area contributed by atoms with E-state index in [0.29, 0.717) is 26.3 Å². The highest BCUT2D eigenvalue weighted by atomic mass is 16.5. The number of amides is 1. The first-order valence-electron chi connectivity index (χ1n) is 9.58. The summed E-state index contributed by atoms with van der Waals surface area (Å²) in [5, 5.41) is 0. The van der Waals surface area contributed by atoms with Crippen molar-refractivity contribution in [2.75, 3.05) is 19.8 Å². The highest BCUT2D eigenvalue weighted by molar-refractivity contribution is 5.88. The summed E-state index contributed by atoms with van der Waals surface area (Å²) in [5.74, 6) is 0.186. The SMILES string of the molecule is CCN(Cc1cnc2ccccn12)C(=O)C1(c2ccccc2)CCOCC1. The van der Waals surface area contributed by atoms with Gasteiger partial charge in [-0.25, -0.2) is 4.98 Å². The predicted molar refractivity (Wildman–Crippen MR) is 104 cm³/mol. The molecule has 2 aromatic heterocycles. The maximum Gasteiger partial charge on any atom is 0.233 e. The maximum absolute atomic E-state index is 13.8. The van der Waals surface area contributed by atoms with Gasteiger partial charge in [0.05, 0.1) is 23.9 Å². The molecule has 0 saturated carbocycles. The molecule has 0 aliphatic carbocycles. The van der Waals surface area contributed by atoms with Crippen LogP contribution in [-0.4, -0.2) is 40.0 Å². The normalized spacial score (nSPS) is 16.3. The minimum Gasteiger partial charge on any atom is -0.381 e. The van der Waals surface area contributed by atoms with Crippen LogP contribution in [0.5, 0.6) is 0 Å². The number of ether oxygens (including phenoxy) is 1. The molecular formula is C22H25N3O2. The van der Waals surface area contributed by atoms with Gasteiger partial charge in [0, 0.05) is 26.0 Å². The van der Waals surface area contributed by atoms with Gasteiger partial charge < -0.3 is 14.0 Å². The molecule has 1 aliphatic rings. The highest BCUT2D eigenvalue weighted by Gasteiger charge is 2.43. The van der Waals surface area contributed by atoms with Crippen LogP contribution < -0.4 is 0 Å². The van der Waals surface area contributed by atoms with Gasteiger partial charge in [-0.05, 0) is 37.5 Å². The fourth-order valence-electron chi connectivity index (χ4n) is 4.03. The molecule has 5 nitrogen and oxygen atoms in total. The van der Waals surface area contributed by atoms with Crippen molar-refractivity contribution in [3.63, 3.8) is 0 Å². The van der Waals surface area contributed by atoms with Crippen LogP contribution in [0, 0.1) is 0 Å². The monoisotopic (exact) mass is 363 g/mol. The molecule has 4 rings (SSSR count). The van der Waals surface area contributed by atoms with Gasteiger partial charge >= 0.3 is 0 Å². The summed E-state index contributed by atoms with van der Waals surface area (Å²) in [6.45, 7) is 4.49. The second kappa shape index (κ2) is 7.53. The Kier molecular flexibility index (Phi) is 4.94. The second-order valence-corrected chi connectivity index (χ2v) is 7.06. The average molecular weight is 363 g/mol. The standard InChI is InChI=1S/C22H25N3O2/c1-2-24(17-19-16-23-20-10-6-7-13-25(19)20)21(26)22(11-14-27-15-12-22)18-8-4-3-5-9-18/h3-10,13,16H,2,11-12,14-15,17H2,1H3. The molecule has 1 fully saturated rings. The molecule has 3 heterocycles. The van der Waals surface area contributed by atoms with E-state index in [1.54, 1.807) is 0 Å². The van der Waals surface area contributed by atoms with Crippen LogP contribution in [0.3, 0.4) is 0 Å². The first kappa shape index (κ1) is 17.7. The molecule has 5 heteroatoms. The Balaban J connectivity index is 1.67. The minimum absolute atomic E-state index is 0.186. The van der Waals surface area contributed by atoms with Gasteiger partial charge in [-0.3, -0.25) is 4.79 Å². The number of rotatable bonds is 5. The third-order valence-electron chi connectivity index (χ3n) is 5.60. The van der Waals surface area contributed by atoms with Crippen LogP contribution in [-0.2, 0) is 21.5 Å². The lowest BCUT2D eigenvalue weighted by Gasteiger charge is -2.40. The topological polar surface area (TPSA) is 46.8 Å². The summed E-state index contributed by atoms with van der Waals surface area (Å²) in [6, 6.07) is 16.1. The zero-order valence-corrected chi connectivity index (χ0v) is 15.7. The van der Waals surface area contributed by atoms with Crippen molar-refractivity contribution in [1.82, 2.24) is 14.3 Å². The highest BCUT2D eigenvalue weighted by Crippen LogP contribution is 2.37. The van der Waals surface area contributed by atoms with Gasteiger partial charge in [0.2, 0.25) is 5.91 Å². The quantitative estimate of drug-likeness (QED) is 0.698. The first-order chi connectivity index (χ1) is 13.2. The zero-order valence-electron chi connectivity index (χ0n) is 15.7. The van der Waals surface area contributed by atoms with Gasteiger partial charge in [0.25, 0.3) is 0 Å². The van der Waals surface area contributed by atoms with Crippen LogP contribution in [0.25, 0.3) is 5.65 Å². The number of pyridine rings is 1. The number of likely N-dealkylation sites (N-methyl/N-ethyl adjacent to an activating group) is 1. The lowest BCUT2D eigenvalue weighted by molar-refractivity contribution is -0.141. The van der Waals surface area contributed by atoms with Gasteiger partial charge in [-0.1, -0.05) is 36.4 Å². The Hall–Kier alpha value is -2.66. The number of hydrogen-bond donors (Lipinski definition) is 0. The first-order valence-corrected chi connectivity index (χ1v) is 9.58. The number of hydrogen-bond acceptors (Lipinski definition) is 3. The lowest BCUT2D eigenvalue weighted by Crippen LogP contribution is -2.49. The molecule has 1 aliphatic heterocycles. The fraction of sp³-hybridized carbons (Fsp3) is 0.364. The number of aromatic nitrogens is 2. The van der Waals surface area contributed by atoms with Gasteiger partial charge in [-0.15, -0.1) is 0 Å². The lowest BCUT2D eigenvalue weighted by atomic mass is 9.73. The minimum atomic E-state index is -0.504. The number of nitrogens with zero attached hydrogens (tertiary/aromatic N) is 3.